The molecule has 1 nitrogen and oxygen atoms in total. The topological polar surface area (TPSA) is 3.88 Å². The molecule has 0 saturated heterocycles. The van der Waals surface area contributed by atoms with E-state index in [9.17, 15) is 4.39 Å². The molecular weight excluding hydrogens is 173 g/mol. The molecule has 0 aliphatic rings. The molecule has 2 aromatic rings. The SMILES string of the molecule is Cc1sc2cccc(F)c2[n+]1C. The van der Waals surface area contributed by atoms with Crippen molar-refractivity contribution in [2.24, 2.45) is 7.05 Å². The molecule has 0 atom stereocenters. The second-order valence-corrected chi connectivity index (χ2v) is 4.00. The van der Waals surface area contributed by atoms with Crippen LogP contribution in [0.15, 0.2) is 18.2 Å². The van der Waals surface area contributed by atoms with E-state index in [4.69, 9.17) is 0 Å². The highest BCUT2D eigenvalue weighted by molar-refractivity contribution is 7.18. The average Bonchev–Trinajstić information content (AvgIpc) is 2.29. The van der Waals surface area contributed by atoms with Gasteiger partial charge >= 0.3 is 0 Å². The van der Waals surface area contributed by atoms with Crippen molar-refractivity contribution < 1.29 is 8.96 Å². The van der Waals surface area contributed by atoms with E-state index in [0.29, 0.717) is 5.52 Å². The Kier molecular flexibility index (Phi) is 1.61. The van der Waals surface area contributed by atoms with Crippen LogP contribution in [0.4, 0.5) is 4.39 Å². The predicted octanol–water partition coefficient (Wildman–Crippen LogP) is 2.17. The van der Waals surface area contributed by atoms with Crippen LogP contribution >= 0.6 is 11.3 Å². The smallest absolute Gasteiger partial charge is 0.200 e. The number of aromatic nitrogens is 1. The Balaban J connectivity index is 2.97. The molecule has 0 unspecified atom stereocenters. The molecule has 0 aliphatic heterocycles. The summed E-state index contributed by atoms with van der Waals surface area (Å²) in [6, 6.07) is 5.18. The number of rotatable bonds is 0. The van der Waals surface area contributed by atoms with Gasteiger partial charge in [-0.25, -0.2) is 0 Å². The number of aryl methyl sites for hydroxylation is 2. The van der Waals surface area contributed by atoms with E-state index in [1.807, 2.05) is 24.6 Å². The van der Waals surface area contributed by atoms with Gasteiger partial charge < -0.3 is 0 Å². The fraction of sp³-hybridized carbons (Fsp3) is 0.222. The van der Waals surface area contributed by atoms with Crippen LogP contribution in [-0.4, -0.2) is 0 Å². The molecule has 0 N–H and O–H groups in total. The van der Waals surface area contributed by atoms with Crippen molar-refractivity contribution in [2.45, 2.75) is 6.92 Å². The molecule has 62 valence electrons. The van der Waals surface area contributed by atoms with Crippen LogP contribution in [0.1, 0.15) is 5.01 Å². The maximum atomic E-state index is 13.2. The van der Waals surface area contributed by atoms with Crippen LogP contribution in [0.2, 0.25) is 0 Å². The van der Waals surface area contributed by atoms with Crippen molar-refractivity contribution in [3.05, 3.63) is 29.0 Å². The van der Waals surface area contributed by atoms with Crippen LogP contribution in [-0.2, 0) is 7.05 Å². The number of fused-ring (bicyclic) bond motifs is 1. The fourth-order valence-corrected chi connectivity index (χ4v) is 2.31. The van der Waals surface area contributed by atoms with Crippen molar-refractivity contribution >= 4 is 21.6 Å². The Morgan fingerprint density at radius 1 is 1.42 bits per heavy atom. The lowest BCUT2D eigenvalue weighted by molar-refractivity contribution is -0.647. The second-order valence-electron chi connectivity index (χ2n) is 2.77. The second kappa shape index (κ2) is 2.52. The normalized spacial score (nSPS) is 10.9. The molecular formula is C9H9FNS+. The first-order valence-electron chi connectivity index (χ1n) is 3.74. The van der Waals surface area contributed by atoms with Gasteiger partial charge in [-0.2, -0.15) is 8.96 Å². The number of halogens is 1. The molecule has 0 spiro atoms. The van der Waals surface area contributed by atoms with Crippen LogP contribution < -0.4 is 4.57 Å². The molecule has 1 aromatic carbocycles. The fourth-order valence-electron chi connectivity index (χ4n) is 1.29. The number of para-hydroxylation sites is 1. The molecule has 1 aromatic heterocycles. The van der Waals surface area contributed by atoms with Gasteiger partial charge in [-0.1, -0.05) is 17.4 Å². The van der Waals surface area contributed by atoms with Gasteiger partial charge in [-0.3, -0.25) is 0 Å². The Labute approximate surface area is 74.1 Å². The van der Waals surface area contributed by atoms with Gasteiger partial charge in [-0.15, -0.1) is 0 Å². The van der Waals surface area contributed by atoms with Crippen molar-refractivity contribution in [1.82, 2.24) is 0 Å². The van der Waals surface area contributed by atoms with E-state index in [-0.39, 0.29) is 5.82 Å². The molecule has 0 fully saturated rings. The summed E-state index contributed by atoms with van der Waals surface area (Å²) in [5.41, 5.74) is 0.708. The van der Waals surface area contributed by atoms with Gasteiger partial charge in [0.15, 0.2) is 5.82 Å². The summed E-state index contributed by atoms with van der Waals surface area (Å²) in [6.45, 7) is 1.99. The number of benzene rings is 1. The molecule has 0 aliphatic carbocycles. The lowest BCUT2D eigenvalue weighted by Crippen LogP contribution is -2.29. The maximum absolute atomic E-state index is 13.2. The van der Waals surface area contributed by atoms with E-state index in [1.54, 1.807) is 17.4 Å². The highest BCUT2D eigenvalue weighted by Gasteiger charge is 2.16. The predicted molar refractivity (Wildman–Crippen MR) is 47.7 cm³/mol. The third-order valence-corrected chi connectivity index (χ3v) is 3.13. The third kappa shape index (κ3) is 0.932. The minimum absolute atomic E-state index is 0.139. The van der Waals surface area contributed by atoms with Crippen LogP contribution in [0.3, 0.4) is 0 Å². The van der Waals surface area contributed by atoms with Crippen LogP contribution in [0, 0.1) is 12.7 Å². The van der Waals surface area contributed by atoms with E-state index in [1.165, 1.54) is 6.07 Å². The summed E-state index contributed by atoms with van der Waals surface area (Å²) in [7, 11) is 1.89. The zero-order valence-electron chi connectivity index (χ0n) is 6.97. The van der Waals surface area contributed by atoms with E-state index in [2.05, 4.69) is 0 Å². The van der Waals surface area contributed by atoms with Gasteiger partial charge in [0.05, 0.1) is 0 Å². The van der Waals surface area contributed by atoms with Gasteiger partial charge in [0.1, 0.15) is 11.7 Å². The summed E-state index contributed by atoms with van der Waals surface area (Å²) in [5, 5.41) is 1.12. The highest BCUT2D eigenvalue weighted by atomic mass is 32.1. The van der Waals surface area contributed by atoms with Crippen molar-refractivity contribution in [2.75, 3.05) is 0 Å². The molecule has 2 rings (SSSR count). The average molecular weight is 182 g/mol. The first-order valence-corrected chi connectivity index (χ1v) is 4.55. The van der Waals surface area contributed by atoms with E-state index in [0.717, 1.165) is 9.71 Å². The Morgan fingerprint density at radius 2 is 2.17 bits per heavy atom. The largest absolute Gasteiger partial charge is 0.259 e. The van der Waals surface area contributed by atoms with Gasteiger partial charge in [0.25, 0.3) is 5.52 Å². The summed E-state index contributed by atoms with van der Waals surface area (Å²) >= 11 is 1.62. The monoisotopic (exact) mass is 182 g/mol. The summed E-state index contributed by atoms with van der Waals surface area (Å²) in [5.74, 6) is -0.139. The number of hydrogen-bond acceptors (Lipinski definition) is 1. The minimum Gasteiger partial charge on any atom is -0.200 e. The standard InChI is InChI=1S/C9H9FNS/c1-6-11(2)9-7(10)4-3-5-8(9)12-6/h3-5H,1-2H3/q+1. The Morgan fingerprint density at radius 3 is 2.83 bits per heavy atom. The molecule has 0 amide bonds. The van der Waals surface area contributed by atoms with E-state index < -0.39 is 0 Å². The van der Waals surface area contributed by atoms with Crippen LogP contribution in [0.5, 0.6) is 0 Å². The first-order chi connectivity index (χ1) is 5.70. The van der Waals surface area contributed by atoms with Crippen molar-refractivity contribution in [1.29, 1.82) is 0 Å². The van der Waals surface area contributed by atoms with Crippen molar-refractivity contribution in [3.63, 3.8) is 0 Å². The summed E-state index contributed by atoms with van der Waals surface area (Å²) < 4.78 is 16.1. The number of thiazole rings is 1. The summed E-state index contributed by atoms with van der Waals surface area (Å²) in [4.78, 5) is 0. The molecule has 0 saturated carbocycles. The molecule has 1 heterocycles. The zero-order chi connectivity index (χ0) is 8.72. The van der Waals surface area contributed by atoms with Crippen LogP contribution in [0.25, 0.3) is 10.2 Å². The van der Waals surface area contributed by atoms with Gasteiger partial charge in [-0.05, 0) is 12.1 Å². The number of hydrogen-bond donors (Lipinski definition) is 0. The molecule has 3 heteroatoms. The Bertz CT molecular complexity index is 433. The first kappa shape index (κ1) is 7.68. The zero-order valence-corrected chi connectivity index (χ0v) is 7.78. The molecule has 0 radical (unpaired) electrons. The molecule has 0 bridgehead atoms. The highest BCUT2D eigenvalue weighted by Crippen LogP contribution is 2.21. The quantitative estimate of drug-likeness (QED) is 0.550. The van der Waals surface area contributed by atoms with E-state index >= 15 is 0 Å². The van der Waals surface area contributed by atoms with Gasteiger partial charge in [0.2, 0.25) is 5.01 Å². The lowest BCUT2D eigenvalue weighted by atomic mass is 10.3. The lowest BCUT2D eigenvalue weighted by Gasteiger charge is -1.87. The minimum atomic E-state index is -0.139. The van der Waals surface area contributed by atoms with Crippen molar-refractivity contribution in [3.8, 4) is 0 Å². The summed E-state index contributed by atoms with van der Waals surface area (Å²) in [6.07, 6.45) is 0. The van der Waals surface area contributed by atoms with Gasteiger partial charge in [0, 0.05) is 6.92 Å². The number of nitrogens with zero attached hydrogens (tertiary/aromatic N) is 1. The Hall–Kier alpha value is -0.960. The maximum Gasteiger partial charge on any atom is 0.259 e. The third-order valence-electron chi connectivity index (χ3n) is 2.02. The molecule has 12 heavy (non-hydrogen) atoms.